The van der Waals surface area contributed by atoms with Crippen LogP contribution in [-0.4, -0.2) is 71.0 Å². The van der Waals surface area contributed by atoms with Crippen molar-refractivity contribution < 1.29 is 13.9 Å². The third kappa shape index (κ3) is 6.71. The lowest BCUT2D eigenvalue weighted by Gasteiger charge is -2.34. The van der Waals surface area contributed by atoms with Crippen LogP contribution in [0.4, 0.5) is 5.13 Å². The molecule has 0 spiro atoms. The number of benzene rings is 1. The highest BCUT2D eigenvalue weighted by atomic mass is 32.2. The Morgan fingerprint density at radius 1 is 1.13 bits per heavy atom. The van der Waals surface area contributed by atoms with Crippen molar-refractivity contribution in [3.8, 4) is 5.75 Å². The normalized spacial score (nSPS) is 14.5. The summed E-state index contributed by atoms with van der Waals surface area (Å²) < 4.78 is 11.8. The monoisotopic (exact) mass is 459 g/mol. The van der Waals surface area contributed by atoms with E-state index in [1.165, 1.54) is 23.1 Å². The van der Waals surface area contributed by atoms with Gasteiger partial charge in [-0.15, -0.1) is 10.2 Å². The van der Waals surface area contributed by atoms with E-state index in [1.54, 1.807) is 6.26 Å². The molecule has 0 bridgehead atoms. The summed E-state index contributed by atoms with van der Waals surface area (Å²) in [6.07, 6.45) is 1.64. The third-order valence-corrected chi connectivity index (χ3v) is 6.86. The van der Waals surface area contributed by atoms with Gasteiger partial charge in [0.15, 0.2) is 4.34 Å². The van der Waals surface area contributed by atoms with E-state index in [0.29, 0.717) is 18.9 Å². The number of carbonyl (C=O) groups excluding carboxylic acids is 1. The number of piperazine rings is 1. The van der Waals surface area contributed by atoms with Crippen LogP contribution in [0.25, 0.3) is 0 Å². The Morgan fingerprint density at radius 3 is 2.74 bits per heavy atom. The number of para-hydroxylation sites is 1. The van der Waals surface area contributed by atoms with E-state index in [0.717, 1.165) is 53.7 Å². The molecule has 1 fully saturated rings. The van der Waals surface area contributed by atoms with Crippen LogP contribution in [0.3, 0.4) is 0 Å². The molecule has 1 aliphatic heterocycles. The van der Waals surface area contributed by atoms with Gasteiger partial charge >= 0.3 is 0 Å². The van der Waals surface area contributed by atoms with E-state index in [2.05, 4.69) is 20.4 Å². The van der Waals surface area contributed by atoms with E-state index in [4.69, 9.17) is 9.15 Å². The van der Waals surface area contributed by atoms with Crippen molar-refractivity contribution in [1.29, 1.82) is 0 Å². The summed E-state index contributed by atoms with van der Waals surface area (Å²) in [5.74, 6) is 2.25. The van der Waals surface area contributed by atoms with Crippen LogP contribution in [0.1, 0.15) is 5.76 Å². The van der Waals surface area contributed by atoms with Gasteiger partial charge in [0.05, 0.1) is 18.6 Å². The number of furan rings is 1. The van der Waals surface area contributed by atoms with Gasteiger partial charge in [0.2, 0.25) is 11.0 Å². The van der Waals surface area contributed by atoms with Crippen LogP contribution in [0.15, 0.2) is 57.5 Å². The molecule has 31 heavy (non-hydrogen) atoms. The van der Waals surface area contributed by atoms with Gasteiger partial charge in [-0.1, -0.05) is 41.3 Å². The summed E-state index contributed by atoms with van der Waals surface area (Å²) in [6.45, 7) is 5.31. The van der Waals surface area contributed by atoms with Crippen molar-refractivity contribution in [2.75, 3.05) is 50.4 Å². The number of carbonyl (C=O) groups is 1. The molecule has 0 saturated carbocycles. The van der Waals surface area contributed by atoms with Gasteiger partial charge in [0.1, 0.15) is 18.1 Å². The second-order valence-corrected chi connectivity index (χ2v) is 9.18. The predicted octanol–water partition coefficient (Wildman–Crippen LogP) is 3.06. The van der Waals surface area contributed by atoms with Crippen LogP contribution in [-0.2, 0) is 11.3 Å². The van der Waals surface area contributed by atoms with Gasteiger partial charge in [0.25, 0.3) is 0 Å². The van der Waals surface area contributed by atoms with Gasteiger partial charge in [-0.3, -0.25) is 9.69 Å². The van der Waals surface area contributed by atoms with Crippen molar-refractivity contribution in [3.05, 3.63) is 54.5 Å². The number of aromatic nitrogens is 2. The Labute approximate surface area is 189 Å². The topological polar surface area (TPSA) is 83.7 Å². The molecular formula is C21H25N5O3S2. The first-order chi connectivity index (χ1) is 15.3. The zero-order chi connectivity index (χ0) is 21.3. The quantitative estimate of drug-likeness (QED) is 0.463. The Morgan fingerprint density at radius 2 is 1.97 bits per heavy atom. The predicted molar refractivity (Wildman–Crippen MR) is 122 cm³/mol. The summed E-state index contributed by atoms with van der Waals surface area (Å²) in [4.78, 5) is 16.8. The minimum atomic E-state index is 0.144. The van der Waals surface area contributed by atoms with Crippen molar-refractivity contribution in [1.82, 2.24) is 20.0 Å². The molecule has 1 aliphatic rings. The molecule has 1 N–H and O–H groups in total. The van der Waals surface area contributed by atoms with E-state index in [1.807, 2.05) is 47.4 Å². The minimum Gasteiger partial charge on any atom is -0.492 e. The molecule has 10 heteroatoms. The molecule has 4 rings (SSSR count). The second kappa shape index (κ2) is 11.2. The van der Waals surface area contributed by atoms with Crippen LogP contribution >= 0.6 is 23.1 Å². The van der Waals surface area contributed by atoms with Crippen LogP contribution in [0, 0.1) is 0 Å². The number of hydrogen-bond donors (Lipinski definition) is 1. The Hall–Kier alpha value is -2.56. The lowest BCUT2D eigenvalue weighted by atomic mass is 10.3. The van der Waals surface area contributed by atoms with Crippen LogP contribution in [0.2, 0.25) is 0 Å². The van der Waals surface area contributed by atoms with Crippen molar-refractivity contribution >= 4 is 34.1 Å². The number of rotatable bonds is 10. The first-order valence-electron chi connectivity index (χ1n) is 10.2. The summed E-state index contributed by atoms with van der Waals surface area (Å²) in [7, 11) is 0. The Kier molecular flexibility index (Phi) is 7.81. The fourth-order valence-corrected chi connectivity index (χ4v) is 4.81. The Balaban J connectivity index is 1.12. The number of ether oxygens (including phenoxy) is 1. The minimum absolute atomic E-state index is 0.144. The zero-order valence-corrected chi connectivity index (χ0v) is 18.7. The maximum absolute atomic E-state index is 12.6. The Bertz CT molecular complexity index is 928. The largest absolute Gasteiger partial charge is 0.492 e. The molecule has 0 unspecified atom stereocenters. The summed E-state index contributed by atoms with van der Waals surface area (Å²) in [5, 5.41) is 12.2. The average molecular weight is 460 g/mol. The lowest BCUT2D eigenvalue weighted by molar-refractivity contribution is -0.130. The van der Waals surface area contributed by atoms with E-state index in [-0.39, 0.29) is 5.91 Å². The van der Waals surface area contributed by atoms with E-state index >= 15 is 0 Å². The SMILES string of the molecule is O=C(CSc1nnc(NCc2ccco2)s1)N1CCN(CCOc2ccccc2)CC1. The summed E-state index contributed by atoms with van der Waals surface area (Å²) in [6, 6.07) is 13.6. The molecule has 0 radical (unpaired) electrons. The molecule has 2 aromatic heterocycles. The van der Waals surface area contributed by atoms with Gasteiger partial charge in [0, 0.05) is 32.7 Å². The van der Waals surface area contributed by atoms with Gasteiger partial charge in [-0.25, -0.2) is 0 Å². The van der Waals surface area contributed by atoms with Gasteiger partial charge < -0.3 is 19.4 Å². The number of hydrogen-bond acceptors (Lipinski definition) is 9. The van der Waals surface area contributed by atoms with Crippen LogP contribution in [0.5, 0.6) is 5.75 Å². The number of amides is 1. The molecule has 1 aromatic carbocycles. The molecule has 8 nitrogen and oxygen atoms in total. The molecule has 3 aromatic rings. The molecule has 0 aliphatic carbocycles. The first-order valence-corrected chi connectivity index (χ1v) is 12.0. The fourth-order valence-electron chi connectivity index (χ4n) is 3.16. The molecule has 164 valence electrons. The summed E-state index contributed by atoms with van der Waals surface area (Å²) >= 11 is 2.88. The molecule has 0 atom stereocenters. The maximum atomic E-state index is 12.6. The molecule has 1 amide bonds. The highest BCUT2D eigenvalue weighted by Gasteiger charge is 2.21. The third-order valence-electron chi connectivity index (χ3n) is 4.86. The van der Waals surface area contributed by atoms with Crippen molar-refractivity contribution in [2.24, 2.45) is 0 Å². The van der Waals surface area contributed by atoms with Crippen LogP contribution < -0.4 is 10.1 Å². The van der Waals surface area contributed by atoms with Crippen molar-refractivity contribution in [2.45, 2.75) is 10.9 Å². The standard InChI is InChI=1S/C21H25N5O3S2/c27-19(16-30-21-24-23-20(31-21)22-15-18-7-4-13-28-18)26-10-8-25(9-11-26)12-14-29-17-5-2-1-3-6-17/h1-7,13H,8-12,14-16H2,(H,22,23). The van der Waals surface area contributed by atoms with E-state index < -0.39 is 0 Å². The highest BCUT2D eigenvalue weighted by molar-refractivity contribution is 8.01. The first kappa shape index (κ1) is 21.7. The average Bonchev–Trinajstić information content (AvgIpc) is 3.49. The fraction of sp³-hybridized carbons (Fsp3) is 0.381. The van der Waals surface area contributed by atoms with Gasteiger partial charge in [-0.05, 0) is 24.3 Å². The number of anilines is 1. The molecule has 3 heterocycles. The van der Waals surface area contributed by atoms with Gasteiger partial charge in [-0.2, -0.15) is 0 Å². The highest BCUT2D eigenvalue weighted by Crippen LogP contribution is 2.26. The second-order valence-electron chi connectivity index (χ2n) is 6.98. The summed E-state index contributed by atoms with van der Waals surface area (Å²) in [5.41, 5.74) is 0. The van der Waals surface area contributed by atoms with E-state index in [9.17, 15) is 4.79 Å². The maximum Gasteiger partial charge on any atom is 0.233 e. The number of thioether (sulfide) groups is 1. The number of nitrogens with one attached hydrogen (secondary N) is 1. The smallest absolute Gasteiger partial charge is 0.233 e. The lowest BCUT2D eigenvalue weighted by Crippen LogP contribution is -2.50. The molecule has 1 saturated heterocycles. The van der Waals surface area contributed by atoms with Crippen molar-refractivity contribution in [3.63, 3.8) is 0 Å². The number of nitrogens with zero attached hydrogens (tertiary/aromatic N) is 4. The zero-order valence-electron chi connectivity index (χ0n) is 17.1. The molecular weight excluding hydrogens is 434 g/mol.